The first-order valence-electron chi connectivity index (χ1n) is 7.26. The summed E-state index contributed by atoms with van der Waals surface area (Å²) in [5, 5.41) is 10.6. The van der Waals surface area contributed by atoms with Gasteiger partial charge in [-0.15, -0.1) is 0 Å². The number of piperazine rings is 1. The van der Waals surface area contributed by atoms with Crippen molar-refractivity contribution in [3.63, 3.8) is 0 Å². The van der Waals surface area contributed by atoms with Crippen molar-refractivity contribution in [3.8, 4) is 0 Å². The Morgan fingerprint density at radius 2 is 1.54 bits per heavy atom. The van der Waals surface area contributed by atoms with E-state index in [1.807, 2.05) is 9.80 Å². The summed E-state index contributed by atoms with van der Waals surface area (Å²) in [6, 6.07) is 7.89. The Labute approximate surface area is 135 Å². The number of alkyl halides is 3. The van der Waals surface area contributed by atoms with E-state index in [-0.39, 0.29) is 5.88 Å². The number of anilines is 2. The predicted octanol–water partition coefficient (Wildman–Crippen LogP) is 3.53. The van der Waals surface area contributed by atoms with E-state index in [9.17, 15) is 23.3 Å². The van der Waals surface area contributed by atoms with Crippen LogP contribution in [0.5, 0.6) is 0 Å². The SMILES string of the molecule is O=[N+]([O-])c1ccc(N2CCN(c3ccc(C(F)(F)F)cc3)CC2)o1. The van der Waals surface area contributed by atoms with Crippen molar-refractivity contribution in [1.82, 2.24) is 0 Å². The second-order valence-corrected chi connectivity index (χ2v) is 5.39. The van der Waals surface area contributed by atoms with Crippen molar-refractivity contribution in [2.75, 3.05) is 36.0 Å². The monoisotopic (exact) mass is 341 g/mol. The molecule has 9 heteroatoms. The zero-order chi connectivity index (χ0) is 17.3. The molecule has 1 fully saturated rings. The molecule has 0 radical (unpaired) electrons. The number of benzene rings is 1. The molecule has 3 rings (SSSR count). The largest absolute Gasteiger partial charge is 0.434 e. The highest BCUT2D eigenvalue weighted by atomic mass is 19.4. The molecular formula is C15H14F3N3O3. The van der Waals surface area contributed by atoms with Gasteiger partial charge in [0.25, 0.3) is 0 Å². The summed E-state index contributed by atoms with van der Waals surface area (Å²) in [4.78, 5) is 13.9. The molecule has 1 saturated heterocycles. The summed E-state index contributed by atoms with van der Waals surface area (Å²) in [6.45, 7) is 2.29. The average Bonchev–Trinajstić information content (AvgIpc) is 3.05. The first kappa shape index (κ1) is 16.2. The van der Waals surface area contributed by atoms with E-state index >= 15 is 0 Å². The molecule has 6 nitrogen and oxygen atoms in total. The third kappa shape index (κ3) is 3.29. The van der Waals surface area contributed by atoms with Gasteiger partial charge in [0.15, 0.2) is 0 Å². The molecule has 1 aliphatic heterocycles. The summed E-state index contributed by atoms with van der Waals surface area (Å²) in [6.07, 6.45) is -4.34. The maximum absolute atomic E-state index is 12.6. The molecule has 128 valence electrons. The summed E-state index contributed by atoms with van der Waals surface area (Å²) >= 11 is 0. The fourth-order valence-corrected chi connectivity index (χ4v) is 2.63. The number of nitro groups is 1. The number of hydrogen-bond acceptors (Lipinski definition) is 5. The highest BCUT2D eigenvalue weighted by Gasteiger charge is 2.30. The summed E-state index contributed by atoms with van der Waals surface area (Å²) in [7, 11) is 0. The van der Waals surface area contributed by atoms with Crippen LogP contribution in [0.1, 0.15) is 5.56 Å². The standard InChI is InChI=1S/C15H14F3N3O3/c16-15(17,18)11-1-3-12(4-2-11)19-7-9-20(10-8-19)13-5-6-14(24-13)21(22)23/h1-6H,7-10H2. The highest BCUT2D eigenvalue weighted by molar-refractivity contribution is 5.50. The minimum absolute atomic E-state index is 0.310. The van der Waals surface area contributed by atoms with E-state index in [1.54, 1.807) is 6.07 Å². The van der Waals surface area contributed by atoms with Crippen molar-refractivity contribution in [2.24, 2.45) is 0 Å². The Morgan fingerprint density at radius 1 is 0.958 bits per heavy atom. The lowest BCUT2D eigenvalue weighted by molar-refractivity contribution is -0.401. The van der Waals surface area contributed by atoms with Gasteiger partial charge in [0, 0.05) is 37.9 Å². The Hall–Kier alpha value is -2.71. The predicted molar refractivity (Wildman–Crippen MR) is 81.2 cm³/mol. The van der Waals surface area contributed by atoms with Crippen LogP contribution in [-0.4, -0.2) is 31.1 Å². The van der Waals surface area contributed by atoms with Crippen LogP contribution in [0.4, 0.5) is 30.6 Å². The summed E-state index contributed by atoms with van der Waals surface area (Å²) < 4.78 is 42.9. The molecule has 0 saturated carbocycles. The molecule has 1 aromatic carbocycles. The zero-order valence-corrected chi connectivity index (χ0v) is 12.5. The quantitative estimate of drug-likeness (QED) is 0.631. The van der Waals surface area contributed by atoms with Gasteiger partial charge in [0.05, 0.1) is 11.6 Å². The van der Waals surface area contributed by atoms with Crippen LogP contribution < -0.4 is 9.80 Å². The molecule has 0 atom stereocenters. The number of nitrogens with zero attached hydrogens (tertiary/aromatic N) is 3. The van der Waals surface area contributed by atoms with Gasteiger partial charge < -0.3 is 14.2 Å². The van der Waals surface area contributed by atoms with Crippen LogP contribution in [0.25, 0.3) is 0 Å². The lowest BCUT2D eigenvalue weighted by Gasteiger charge is -2.35. The van der Waals surface area contributed by atoms with Crippen LogP contribution >= 0.6 is 0 Å². The molecule has 2 heterocycles. The molecular weight excluding hydrogens is 327 g/mol. The molecule has 1 aromatic heterocycles. The maximum Gasteiger partial charge on any atom is 0.434 e. The molecule has 0 spiro atoms. The zero-order valence-electron chi connectivity index (χ0n) is 12.5. The van der Waals surface area contributed by atoms with Crippen molar-refractivity contribution in [3.05, 3.63) is 52.1 Å². The Kier molecular flexibility index (Phi) is 4.08. The first-order chi connectivity index (χ1) is 11.3. The number of furan rings is 1. The van der Waals surface area contributed by atoms with Crippen molar-refractivity contribution in [1.29, 1.82) is 0 Å². The molecule has 2 aromatic rings. The summed E-state index contributed by atoms with van der Waals surface area (Å²) in [5.74, 6) is 0.115. The third-order valence-electron chi connectivity index (χ3n) is 3.91. The van der Waals surface area contributed by atoms with Gasteiger partial charge in [-0.05, 0) is 24.3 Å². The molecule has 1 aliphatic rings. The van der Waals surface area contributed by atoms with Crippen LogP contribution in [0.2, 0.25) is 0 Å². The lowest BCUT2D eigenvalue weighted by atomic mass is 10.1. The number of halogens is 3. The number of rotatable bonds is 3. The van der Waals surface area contributed by atoms with E-state index in [2.05, 4.69) is 0 Å². The molecule has 24 heavy (non-hydrogen) atoms. The van der Waals surface area contributed by atoms with E-state index in [0.29, 0.717) is 37.8 Å². The summed E-state index contributed by atoms with van der Waals surface area (Å²) in [5.41, 5.74) is 0.0425. The van der Waals surface area contributed by atoms with Gasteiger partial charge in [-0.25, -0.2) is 0 Å². The average molecular weight is 341 g/mol. The highest BCUT2D eigenvalue weighted by Crippen LogP contribution is 2.31. The molecule has 0 amide bonds. The van der Waals surface area contributed by atoms with Crippen molar-refractivity contribution in [2.45, 2.75) is 6.18 Å². The Bertz CT molecular complexity index is 720. The van der Waals surface area contributed by atoms with Crippen molar-refractivity contribution >= 4 is 17.5 Å². The van der Waals surface area contributed by atoms with Crippen molar-refractivity contribution < 1.29 is 22.5 Å². The van der Waals surface area contributed by atoms with Gasteiger partial charge in [-0.3, -0.25) is 10.1 Å². The normalized spacial score (nSPS) is 15.6. The van der Waals surface area contributed by atoms with Crippen LogP contribution in [0.15, 0.2) is 40.8 Å². The first-order valence-corrected chi connectivity index (χ1v) is 7.26. The molecule has 0 unspecified atom stereocenters. The minimum atomic E-state index is -4.34. The topological polar surface area (TPSA) is 62.8 Å². The van der Waals surface area contributed by atoms with Gasteiger partial charge in [0.1, 0.15) is 4.92 Å². The Morgan fingerprint density at radius 3 is 2.04 bits per heavy atom. The fraction of sp³-hybridized carbons (Fsp3) is 0.333. The van der Waals surface area contributed by atoms with E-state index in [1.165, 1.54) is 18.2 Å². The van der Waals surface area contributed by atoms with Gasteiger partial charge >= 0.3 is 12.1 Å². The van der Waals surface area contributed by atoms with E-state index in [0.717, 1.165) is 12.1 Å². The smallest absolute Gasteiger partial charge is 0.384 e. The second kappa shape index (κ2) is 6.06. The van der Waals surface area contributed by atoms with Crippen LogP contribution in [0.3, 0.4) is 0 Å². The van der Waals surface area contributed by atoms with Gasteiger partial charge in [0.2, 0.25) is 5.88 Å². The fourth-order valence-electron chi connectivity index (χ4n) is 2.63. The van der Waals surface area contributed by atoms with Gasteiger partial charge in [-0.2, -0.15) is 13.2 Å². The third-order valence-corrected chi connectivity index (χ3v) is 3.91. The van der Waals surface area contributed by atoms with Gasteiger partial charge in [-0.1, -0.05) is 0 Å². The molecule has 0 aliphatic carbocycles. The molecule has 0 N–H and O–H groups in total. The van der Waals surface area contributed by atoms with E-state index in [4.69, 9.17) is 4.42 Å². The van der Waals surface area contributed by atoms with Crippen LogP contribution in [-0.2, 0) is 6.18 Å². The van der Waals surface area contributed by atoms with Crippen LogP contribution in [0, 0.1) is 10.1 Å². The maximum atomic E-state index is 12.6. The van der Waals surface area contributed by atoms with E-state index < -0.39 is 16.7 Å². The molecule has 0 bridgehead atoms. The lowest BCUT2D eigenvalue weighted by Crippen LogP contribution is -2.46. The number of hydrogen-bond donors (Lipinski definition) is 0. The minimum Gasteiger partial charge on any atom is -0.384 e. The Balaban J connectivity index is 1.63. The second-order valence-electron chi connectivity index (χ2n) is 5.39.